The van der Waals surface area contributed by atoms with E-state index in [1.807, 2.05) is 0 Å². The molecule has 1 aromatic carbocycles. The summed E-state index contributed by atoms with van der Waals surface area (Å²) in [7, 11) is 1.60. The first-order valence-corrected chi connectivity index (χ1v) is 7.35. The molecule has 1 saturated heterocycles. The molecule has 1 amide bonds. The molecular formula is C16H15F4N3O. The van der Waals surface area contributed by atoms with Gasteiger partial charge in [0.2, 0.25) is 0 Å². The Morgan fingerprint density at radius 2 is 2.04 bits per heavy atom. The number of hydrogen-bond acceptors (Lipinski definition) is 2. The van der Waals surface area contributed by atoms with Gasteiger partial charge in [-0.3, -0.25) is 9.48 Å². The Morgan fingerprint density at radius 1 is 1.29 bits per heavy atom. The maximum Gasteiger partial charge on any atom is 0.416 e. The lowest BCUT2D eigenvalue weighted by Crippen LogP contribution is -2.33. The SMILES string of the molecule is Cn1nccc1C(=O)N1CC[C@](F)(c2cccc(C(F)(F)F)c2)C1. The number of carbonyl (C=O) groups excluding carboxylic acids is 1. The average Bonchev–Trinajstić information content (AvgIpc) is 3.13. The molecule has 24 heavy (non-hydrogen) atoms. The fourth-order valence-corrected chi connectivity index (χ4v) is 2.90. The third-order valence-corrected chi connectivity index (χ3v) is 4.25. The standard InChI is InChI=1S/C16H15F4N3O/c1-22-13(5-7-21-22)14(24)23-8-6-15(17,10-23)11-3-2-4-12(9-11)16(18,19)20/h2-5,7,9H,6,8,10H2,1H3/t15-/m1/s1. The van der Waals surface area contributed by atoms with Crippen LogP contribution in [0.3, 0.4) is 0 Å². The molecule has 0 radical (unpaired) electrons. The molecule has 1 atom stereocenters. The van der Waals surface area contributed by atoms with E-state index in [0.717, 1.165) is 12.1 Å². The van der Waals surface area contributed by atoms with Crippen molar-refractivity contribution in [1.29, 1.82) is 0 Å². The Hall–Kier alpha value is -2.38. The molecule has 0 N–H and O–H groups in total. The van der Waals surface area contributed by atoms with Gasteiger partial charge in [0.05, 0.1) is 12.1 Å². The summed E-state index contributed by atoms with van der Waals surface area (Å²) in [5.41, 5.74) is -2.63. The number of carbonyl (C=O) groups is 1. The zero-order chi connectivity index (χ0) is 17.5. The van der Waals surface area contributed by atoms with Crippen molar-refractivity contribution in [2.75, 3.05) is 13.1 Å². The highest BCUT2D eigenvalue weighted by Crippen LogP contribution is 2.39. The molecule has 0 bridgehead atoms. The highest BCUT2D eigenvalue weighted by atomic mass is 19.4. The Labute approximate surface area is 135 Å². The van der Waals surface area contributed by atoms with E-state index in [1.54, 1.807) is 7.05 Å². The van der Waals surface area contributed by atoms with E-state index in [1.165, 1.54) is 34.0 Å². The molecule has 0 unspecified atom stereocenters. The minimum Gasteiger partial charge on any atom is -0.334 e. The van der Waals surface area contributed by atoms with Crippen LogP contribution in [0.5, 0.6) is 0 Å². The summed E-state index contributed by atoms with van der Waals surface area (Å²) in [4.78, 5) is 13.7. The first-order valence-electron chi connectivity index (χ1n) is 7.35. The molecule has 1 fully saturated rings. The number of halogens is 4. The molecule has 1 aliphatic rings. The van der Waals surface area contributed by atoms with Gasteiger partial charge in [0.1, 0.15) is 5.69 Å². The van der Waals surface area contributed by atoms with E-state index in [-0.39, 0.29) is 31.0 Å². The fraction of sp³-hybridized carbons (Fsp3) is 0.375. The molecule has 2 aromatic rings. The number of aryl methyl sites for hydroxylation is 1. The molecule has 0 aliphatic carbocycles. The number of alkyl halides is 4. The molecule has 3 rings (SSSR count). The van der Waals surface area contributed by atoms with E-state index < -0.39 is 17.4 Å². The van der Waals surface area contributed by atoms with Crippen molar-refractivity contribution in [3.63, 3.8) is 0 Å². The van der Waals surface area contributed by atoms with Crippen molar-refractivity contribution >= 4 is 5.91 Å². The van der Waals surface area contributed by atoms with Crippen LogP contribution in [-0.2, 0) is 18.9 Å². The van der Waals surface area contributed by atoms with E-state index >= 15 is 4.39 Å². The Bertz CT molecular complexity index is 771. The zero-order valence-electron chi connectivity index (χ0n) is 12.8. The van der Waals surface area contributed by atoms with Crippen LogP contribution < -0.4 is 0 Å². The van der Waals surface area contributed by atoms with Gasteiger partial charge in [-0.2, -0.15) is 18.3 Å². The quantitative estimate of drug-likeness (QED) is 0.787. The Kier molecular flexibility index (Phi) is 3.85. The predicted octanol–water partition coefficient (Wildman–Crippen LogP) is 3.15. The van der Waals surface area contributed by atoms with Crippen LogP contribution in [0.4, 0.5) is 17.6 Å². The minimum absolute atomic E-state index is 0.0437. The van der Waals surface area contributed by atoms with Crippen molar-refractivity contribution in [2.24, 2.45) is 7.05 Å². The van der Waals surface area contributed by atoms with Crippen molar-refractivity contribution in [3.8, 4) is 0 Å². The predicted molar refractivity (Wildman–Crippen MR) is 78.0 cm³/mol. The number of benzene rings is 1. The summed E-state index contributed by atoms with van der Waals surface area (Å²) in [6, 6.07) is 5.75. The largest absolute Gasteiger partial charge is 0.416 e. The third kappa shape index (κ3) is 2.88. The monoisotopic (exact) mass is 341 g/mol. The van der Waals surface area contributed by atoms with E-state index in [0.29, 0.717) is 5.69 Å². The van der Waals surface area contributed by atoms with Crippen LogP contribution in [0, 0.1) is 0 Å². The summed E-state index contributed by atoms with van der Waals surface area (Å²) in [5, 5.41) is 3.89. The Balaban J connectivity index is 1.84. The molecule has 0 saturated carbocycles. The van der Waals surface area contributed by atoms with E-state index in [9.17, 15) is 18.0 Å². The topological polar surface area (TPSA) is 38.1 Å². The summed E-state index contributed by atoms with van der Waals surface area (Å²) in [5.74, 6) is -0.387. The summed E-state index contributed by atoms with van der Waals surface area (Å²) < 4.78 is 55.0. The molecule has 1 aromatic heterocycles. The second kappa shape index (κ2) is 5.61. The highest BCUT2D eigenvalue weighted by molar-refractivity contribution is 5.92. The minimum atomic E-state index is -4.53. The highest BCUT2D eigenvalue weighted by Gasteiger charge is 2.43. The molecule has 1 aliphatic heterocycles. The maximum atomic E-state index is 15.2. The van der Waals surface area contributed by atoms with Gasteiger partial charge < -0.3 is 4.90 Å². The lowest BCUT2D eigenvalue weighted by molar-refractivity contribution is -0.137. The molecule has 4 nitrogen and oxygen atoms in total. The van der Waals surface area contributed by atoms with Crippen LogP contribution in [-0.4, -0.2) is 33.7 Å². The van der Waals surface area contributed by atoms with E-state index in [4.69, 9.17) is 0 Å². The van der Waals surface area contributed by atoms with Gasteiger partial charge in [0.15, 0.2) is 5.67 Å². The van der Waals surface area contributed by atoms with Gasteiger partial charge in [0, 0.05) is 26.2 Å². The van der Waals surface area contributed by atoms with Crippen LogP contribution >= 0.6 is 0 Å². The lowest BCUT2D eigenvalue weighted by Gasteiger charge is -2.22. The number of likely N-dealkylation sites (tertiary alicyclic amines) is 1. The Morgan fingerprint density at radius 3 is 2.67 bits per heavy atom. The van der Waals surface area contributed by atoms with Crippen molar-refractivity contribution in [1.82, 2.24) is 14.7 Å². The zero-order valence-corrected chi connectivity index (χ0v) is 12.8. The molecule has 2 heterocycles. The molecule has 0 spiro atoms. The average molecular weight is 341 g/mol. The molecule has 8 heteroatoms. The number of rotatable bonds is 2. The van der Waals surface area contributed by atoms with Gasteiger partial charge in [-0.1, -0.05) is 12.1 Å². The van der Waals surface area contributed by atoms with Gasteiger partial charge in [-0.15, -0.1) is 0 Å². The number of aromatic nitrogens is 2. The van der Waals surface area contributed by atoms with Crippen molar-refractivity contribution < 1.29 is 22.4 Å². The van der Waals surface area contributed by atoms with Crippen LogP contribution in [0.25, 0.3) is 0 Å². The van der Waals surface area contributed by atoms with Crippen molar-refractivity contribution in [2.45, 2.75) is 18.3 Å². The summed E-state index contributed by atoms with van der Waals surface area (Å²) in [6.45, 7) is -0.144. The lowest BCUT2D eigenvalue weighted by atomic mass is 9.93. The summed E-state index contributed by atoms with van der Waals surface area (Å²) >= 11 is 0. The molecular weight excluding hydrogens is 326 g/mol. The maximum absolute atomic E-state index is 15.2. The number of amides is 1. The molecule has 128 valence electrons. The van der Waals surface area contributed by atoms with E-state index in [2.05, 4.69) is 5.10 Å². The normalized spacial score (nSPS) is 21.3. The van der Waals surface area contributed by atoms with Crippen LogP contribution in [0.15, 0.2) is 36.5 Å². The summed E-state index contributed by atoms with van der Waals surface area (Å²) in [6.07, 6.45) is -3.12. The second-order valence-corrected chi connectivity index (χ2v) is 5.86. The van der Waals surface area contributed by atoms with Crippen molar-refractivity contribution in [3.05, 3.63) is 53.3 Å². The van der Waals surface area contributed by atoms with Gasteiger partial charge in [-0.05, 0) is 23.8 Å². The van der Waals surface area contributed by atoms with Gasteiger partial charge >= 0.3 is 6.18 Å². The third-order valence-electron chi connectivity index (χ3n) is 4.25. The fourth-order valence-electron chi connectivity index (χ4n) is 2.90. The first kappa shape index (κ1) is 16.5. The smallest absolute Gasteiger partial charge is 0.334 e. The van der Waals surface area contributed by atoms with Gasteiger partial charge in [-0.25, -0.2) is 4.39 Å². The van der Waals surface area contributed by atoms with Crippen LogP contribution in [0.2, 0.25) is 0 Å². The number of hydrogen-bond donors (Lipinski definition) is 0. The van der Waals surface area contributed by atoms with Crippen LogP contribution in [0.1, 0.15) is 28.0 Å². The van der Waals surface area contributed by atoms with Gasteiger partial charge in [0.25, 0.3) is 5.91 Å². The number of nitrogens with zero attached hydrogens (tertiary/aromatic N) is 3. The first-order chi connectivity index (χ1) is 11.2. The second-order valence-electron chi connectivity index (χ2n) is 5.86.